The minimum Gasteiger partial charge on any atom is -0.376 e. The Hall–Kier alpha value is -1.22. The number of rotatable bonds is 3. The first-order valence-electron chi connectivity index (χ1n) is 6.76. The zero-order chi connectivity index (χ0) is 15.0. The van der Waals surface area contributed by atoms with Crippen LogP contribution in [-0.4, -0.2) is 0 Å². The van der Waals surface area contributed by atoms with E-state index in [1.807, 2.05) is 23.5 Å². The van der Waals surface area contributed by atoms with Crippen LogP contribution in [0.1, 0.15) is 23.4 Å². The second-order valence-corrected chi connectivity index (χ2v) is 6.92. The number of nitrogens with one attached hydrogen (secondary N) is 1. The molecule has 0 aliphatic carbocycles. The van der Waals surface area contributed by atoms with E-state index in [1.54, 1.807) is 6.07 Å². The van der Waals surface area contributed by atoms with Gasteiger partial charge >= 0.3 is 0 Å². The van der Waals surface area contributed by atoms with Crippen molar-refractivity contribution in [3.8, 4) is 0 Å². The molecule has 21 heavy (non-hydrogen) atoms. The van der Waals surface area contributed by atoms with Gasteiger partial charge in [0.25, 0.3) is 0 Å². The summed E-state index contributed by atoms with van der Waals surface area (Å²) in [5.41, 5.74) is 2.20. The van der Waals surface area contributed by atoms with E-state index in [9.17, 15) is 0 Å². The average Bonchev–Trinajstić information content (AvgIpc) is 2.82. The summed E-state index contributed by atoms with van der Waals surface area (Å²) >= 11 is 14.1. The van der Waals surface area contributed by atoms with Gasteiger partial charge in [0.15, 0.2) is 0 Å². The third kappa shape index (κ3) is 2.76. The van der Waals surface area contributed by atoms with Gasteiger partial charge in [-0.1, -0.05) is 47.5 Å². The lowest BCUT2D eigenvalue weighted by atomic mass is 10.1. The summed E-state index contributed by atoms with van der Waals surface area (Å²) < 4.78 is 1.32. The summed E-state index contributed by atoms with van der Waals surface area (Å²) in [4.78, 5) is 1.33. The molecule has 108 valence electrons. The number of hydrogen-bond acceptors (Lipinski definition) is 2. The van der Waals surface area contributed by atoms with Crippen LogP contribution >= 0.6 is 34.5 Å². The number of hydrogen-bond donors (Lipinski definition) is 1. The Kier molecular flexibility index (Phi) is 4.12. The van der Waals surface area contributed by atoms with Crippen molar-refractivity contribution in [3.05, 3.63) is 63.0 Å². The molecular formula is C17H15Cl2NS. The fourth-order valence-corrected chi connectivity index (χ4v) is 4.09. The van der Waals surface area contributed by atoms with Gasteiger partial charge in [0, 0.05) is 9.58 Å². The van der Waals surface area contributed by atoms with Gasteiger partial charge in [0.05, 0.1) is 21.8 Å². The smallest absolute Gasteiger partial charge is 0.0823 e. The Balaban J connectivity index is 1.95. The Morgan fingerprint density at radius 1 is 1.05 bits per heavy atom. The van der Waals surface area contributed by atoms with E-state index >= 15 is 0 Å². The molecule has 0 fully saturated rings. The molecule has 3 rings (SSSR count). The van der Waals surface area contributed by atoms with E-state index < -0.39 is 0 Å². The summed E-state index contributed by atoms with van der Waals surface area (Å²) in [6.45, 7) is 4.32. The number of fused-ring (bicyclic) bond motifs is 1. The van der Waals surface area contributed by atoms with Crippen molar-refractivity contribution in [2.45, 2.75) is 19.9 Å². The van der Waals surface area contributed by atoms with Crippen LogP contribution in [0.4, 0.5) is 5.69 Å². The number of aryl methyl sites for hydroxylation is 1. The minimum absolute atomic E-state index is 0.179. The largest absolute Gasteiger partial charge is 0.376 e. The average molecular weight is 336 g/mol. The van der Waals surface area contributed by atoms with E-state index in [1.165, 1.54) is 20.5 Å². The molecular weight excluding hydrogens is 321 g/mol. The second kappa shape index (κ2) is 5.88. The summed E-state index contributed by atoms with van der Waals surface area (Å²) in [6.07, 6.45) is 0. The molecule has 3 aromatic rings. The van der Waals surface area contributed by atoms with Crippen molar-refractivity contribution in [1.82, 2.24) is 0 Å². The topological polar surface area (TPSA) is 12.0 Å². The van der Waals surface area contributed by atoms with Crippen LogP contribution in [0.25, 0.3) is 10.1 Å². The highest BCUT2D eigenvalue weighted by atomic mass is 35.5. The molecule has 1 atom stereocenters. The number of anilines is 1. The van der Waals surface area contributed by atoms with Gasteiger partial charge in [-0.2, -0.15) is 0 Å². The first-order chi connectivity index (χ1) is 10.1. The van der Waals surface area contributed by atoms with Crippen molar-refractivity contribution >= 4 is 50.3 Å². The lowest BCUT2D eigenvalue weighted by Crippen LogP contribution is -2.06. The van der Waals surface area contributed by atoms with Gasteiger partial charge in [0.2, 0.25) is 0 Å². The fourth-order valence-electron chi connectivity index (χ4n) is 2.52. The van der Waals surface area contributed by atoms with Crippen molar-refractivity contribution in [2.75, 3.05) is 5.32 Å². The van der Waals surface area contributed by atoms with Gasteiger partial charge in [-0.3, -0.25) is 0 Å². The molecule has 0 saturated heterocycles. The molecule has 0 saturated carbocycles. The summed E-state index contributed by atoms with van der Waals surface area (Å²) in [6, 6.07) is 14.3. The first kappa shape index (κ1) is 14.7. The molecule has 2 aromatic carbocycles. The maximum absolute atomic E-state index is 6.25. The van der Waals surface area contributed by atoms with Gasteiger partial charge < -0.3 is 5.32 Å². The van der Waals surface area contributed by atoms with Crippen LogP contribution in [0, 0.1) is 6.92 Å². The first-order valence-corrected chi connectivity index (χ1v) is 8.33. The number of halogens is 2. The van der Waals surface area contributed by atoms with E-state index in [0.29, 0.717) is 10.0 Å². The predicted molar refractivity (Wildman–Crippen MR) is 95.1 cm³/mol. The highest BCUT2D eigenvalue weighted by Gasteiger charge is 2.15. The Morgan fingerprint density at radius 3 is 2.57 bits per heavy atom. The van der Waals surface area contributed by atoms with Crippen LogP contribution in [0.3, 0.4) is 0 Å². The molecule has 0 aliphatic heterocycles. The Labute approximate surface area is 138 Å². The van der Waals surface area contributed by atoms with Crippen LogP contribution in [0.5, 0.6) is 0 Å². The quantitative estimate of drug-likeness (QED) is 0.562. The van der Waals surface area contributed by atoms with Crippen LogP contribution in [0.2, 0.25) is 10.0 Å². The molecule has 0 amide bonds. The van der Waals surface area contributed by atoms with E-state index in [2.05, 4.69) is 43.4 Å². The highest BCUT2D eigenvalue weighted by molar-refractivity contribution is 7.19. The molecule has 1 heterocycles. The molecule has 0 radical (unpaired) electrons. The number of benzene rings is 2. The monoisotopic (exact) mass is 335 g/mol. The third-order valence-corrected chi connectivity index (χ3v) is 5.87. The maximum atomic E-state index is 6.25. The third-order valence-electron chi connectivity index (χ3n) is 3.60. The van der Waals surface area contributed by atoms with E-state index in [-0.39, 0.29) is 6.04 Å². The lowest BCUT2D eigenvalue weighted by Gasteiger charge is -2.16. The molecule has 0 spiro atoms. The zero-order valence-electron chi connectivity index (χ0n) is 11.8. The SMILES string of the molecule is Cc1c(C(C)Nc2cccc(Cl)c2Cl)sc2ccccc12. The summed E-state index contributed by atoms with van der Waals surface area (Å²) in [7, 11) is 0. The molecule has 1 N–H and O–H groups in total. The van der Waals surface area contributed by atoms with Gasteiger partial charge in [-0.15, -0.1) is 11.3 Å². The molecule has 1 aromatic heterocycles. The highest BCUT2D eigenvalue weighted by Crippen LogP contribution is 2.37. The van der Waals surface area contributed by atoms with Crippen molar-refractivity contribution < 1.29 is 0 Å². The van der Waals surface area contributed by atoms with E-state index in [0.717, 1.165) is 5.69 Å². The van der Waals surface area contributed by atoms with E-state index in [4.69, 9.17) is 23.2 Å². The normalized spacial score (nSPS) is 12.6. The Morgan fingerprint density at radius 2 is 1.81 bits per heavy atom. The predicted octanol–water partition coefficient (Wildman–Crippen LogP) is 6.69. The van der Waals surface area contributed by atoms with Crippen molar-refractivity contribution in [3.63, 3.8) is 0 Å². The summed E-state index contributed by atoms with van der Waals surface area (Å²) in [5.74, 6) is 0. The van der Waals surface area contributed by atoms with Crippen LogP contribution in [-0.2, 0) is 0 Å². The second-order valence-electron chi connectivity index (χ2n) is 5.05. The molecule has 0 bridgehead atoms. The van der Waals surface area contributed by atoms with Crippen LogP contribution in [0.15, 0.2) is 42.5 Å². The molecule has 0 aliphatic rings. The molecule has 1 nitrogen and oxygen atoms in total. The minimum atomic E-state index is 0.179. The van der Waals surface area contributed by atoms with Crippen molar-refractivity contribution in [2.24, 2.45) is 0 Å². The standard InChI is InChI=1S/C17H15Cl2NS/c1-10-12-6-3-4-9-15(12)21-17(10)11(2)20-14-8-5-7-13(18)16(14)19/h3-9,11,20H,1-2H3. The fraction of sp³-hybridized carbons (Fsp3) is 0.176. The lowest BCUT2D eigenvalue weighted by molar-refractivity contribution is 0.901. The van der Waals surface area contributed by atoms with Gasteiger partial charge in [0.1, 0.15) is 0 Å². The zero-order valence-corrected chi connectivity index (χ0v) is 14.1. The van der Waals surface area contributed by atoms with Gasteiger partial charge in [-0.05, 0) is 43.0 Å². The Bertz CT molecular complexity index is 795. The molecule has 4 heteroatoms. The maximum Gasteiger partial charge on any atom is 0.0823 e. The van der Waals surface area contributed by atoms with Crippen LogP contribution < -0.4 is 5.32 Å². The number of thiophene rings is 1. The molecule has 1 unspecified atom stereocenters. The summed E-state index contributed by atoms with van der Waals surface area (Å²) in [5, 5.41) is 5.93. The van der Waals surface area contributed by atoms with Gasteiger partial charge in [-0.25, -0.2) is 0 Å². The van der Waals surface area contributed by atoms with Crippen molar-refractivity contribution in [1.29, 1.82) is 0 Å².